The molecule has 0 aliphatic heterocycles. The second-order valence-electron chi connectivity index (χ2n) is 8.10. The van der Waals surface area contributed by atoms with Crippen molar-refractivity contribution in [3.05, 3.63) is 60.2 Å². The zero-order valence-electron chi connectivity index (χ0n) is 18.8. The van der Waals surface area contributed by atoms with Crippen molar-refractivity contribution in [2.24, 2.45) is 0 Å². The van der Waals surface area contributed by atoms with Gasteiger partial charge in [-0.1, -0.05) is 37.5 Å². The number of nitrogens with one attached hydrogen (secondary N) is 3. The third-order valence-corrected chi connectivity index (χ3v) is 5.96. The largest absolute Gasteiger partial charge is 0.341 e. The van der Waals surface area contributed by atoms with Gasteiger partial charge in [0.05, 0.1) is 0 Å². The van der Waals surface area contributed by atoms with Crippen LogP contribution in [0.1, 0.15) is 56.3 Å². The first-order valence-corrected chi connectivity index (χ1v) is 11.3. The summed E-state index contributed by atoms with van der Waals surface area (Å²) in [6.07, 6.45) is 4.24. The molecule has 0 saturated heterocycles. The number of rotatable bonds is 7. The maximum Gasteiger partial charge on any atom is 0.323 e. The van der Waals surface area contributed by atoms with Crippen LogP contribution in [0, 0.1) is 0 Å². The summed E-state index contributed by atoms with van der Waals surface area (Å²) < 4.78 is 0. The van der Waals surface area contributed by atoms with Gasteiger partial charge < -0.3 is 20.9 Å². The Morgan fingerprint density at radius 1 is 0.812 bits per heavy atom. The van der Waals surface area contributed by atoms with Crippen LogP contribution in [0.15, 0.2) is 54.6 Å². The number of urea groups is 1. The number of benzene rings is 2. The summed E-state index contributed by atoms with van der Waals surface area (Å²) in [6, 6.07) is 15.5. The summed E-state index contributed by atoms with van der Waals surface area (Å²) in [5.74, 6) is -0.265. The summed E-state index contributed by atoms with van der Waals surface area (Å²) in [5, 5.41) is 8.56. The molecule has 1 aliphatic rings. The molecule has 0 bridgehead atoms. The highest BCUT2D eigenvalue weighted by Crippen LogP contribution is 2.30. The van der Waals surface area contributed by atoms with E-state index in [-0.39, 0.29) is 17.8 Å². The molecule has 1 fully saturated rings. The number of nitrogens with zero attached hydrogens (tertiary/aromatic N) is 1. The molecule has 1 aliphatic carbocycles. The lowest BCUT2D eigenvalue weighted by atomic mass is 9.80. The summed E-state index contributed by atoms with van der Waals surface area (Å²) >= 11 is 0. The van der Waals surface area contributed by atoms with Crippen LogP contribution in [-0.4, -0.2) is 41.4 Å². The Bertz CT molecular complexity index is 918. The third-order valence-electron chi connectivity index (χ3n) is 5.96. The molecule has 0 aromatic heterocycles. The molecule has 32 heavy (non-hydrogen) atoms. The number of para-hydroxylation sites is 1. The van der Waals surface area contributed by atoms with Crippen LogP contribution in [0.5, 0.6) is 0 Å². The molecule has 2 aromatic carbocycles. The van der Waals surface area contributed by atoms with Crippen molar-refractivity contribution in [3.8, 4) is 0 Å². The average molecular weight is 437 g/mol. The predicted octanol–water partition coefficient (Wildman–Crippen LogP) is 4.63. The van der Waals surface area contributed by atoms with E-state index in [4.69, 9.17) is 0 Å². The van der Waals surface area contributed by atoms with Crippen molar-refractivity contribution in [2.45, 2.75) is 51.5 Å². The van der Waals surface area contributed by atoms with Crippen molar-refractivity contribution in [1.29, 1.82) is 0 Å². The minimum absolute atomic E-state index is 0.00594. The van der Waals surface area contributed by atoms with Gasteiger partial charge in [0, 0.05) is 30.0 Å². The molecule has 0 radical (unpaired) electrons. The van der Waals surface area contributed by atoms with Gasteiger partial charge in [-0.05, 0) is 63.1 Å². The van der Waals surface area contributed by atoms with E-state index in [0.29, 0.717) is 42.9 Å². The number of anilines is 2. The predicted molar refractivity (Wildman–Crippen MR) is 127 cm³/mol. The quantitative estimate of drug-likeness (QED) is 0.591. The summed E-state index contributed by atoms with van der Waals surface area (Å²) in [7, 11) is 0. The lowest BCUT2D eigenvalue weighted by molar-refractivity contribution is -0.139. The zero-order valence-corrected chi connectivity index (χ0v) is 18.8. The van der Waals surface area contributed by atoms with Gasteiger partial charge in [-0.2, -0.15) is 0 Å². The standard InChI is InChI=1S/C25H32N4O3/c1-3-29(4-2)23(31)25(17-9-6-10-18-25)28-22(30)19-13-15-21(16-14-19)27-24(32)26-20-11-7-5-8-12-20/h5,7-8,11-16H,3-4,6,9-10,17-18H2,1-2H3,(H,28,30)(H2,26,27,32). The lowest BCUT2D eigenvalue weighted by Gasteiger charge is -2.40. The molecule has 0 atom stereocenters. The Kier molecular flexibility index (Phi) is 7.87. The Morgan fingerprint density at radius 3 is 1.94 bits per heavy atom. The van der Waals surface area contributed by atoms with Crippen LogP contribution in [-0.2, 0) is 4.79 Å². The van der Waals surface area contributed by atoms with Crippen molar-refractivity contribution in [1.82, 2.24) is 10.2 Å². The smallest absolute Gasteiger partial charge is 0.323 e. The molecule has 0 spiro atoms. The van der Waals surface area contributed by atoms with E-state index in [1.165, 1.54) is 0 Å². The molecule has 7 heteroatoms. The molecule has 2 aromatic rings. The van der Waals surface area contributed by atoms with Gasteiger partial charge in [0.25, 0.3) is 5.91 Å². The Balaban J connectivity index is 1.66. The van der Waals surface area contributed by atoms with Gasteiger partial charge in [-0.15, -0.1) is 0 Å². The molecule has 3 rings (SSSR count). The van der Waals surface area contributed by atoms with Crippen molar-refractivity contribution >= 4 is 29.2 Å². The van der Waals surface area contributed by atoms with Crippen LogP contribution < -0.4 is 16.0 Å². The second kappa shape index (κ2) is 10.8. The fourth-order valence-electron chi connectivity index (χ4n) is 4.17. The van der Waals surface area contributed by atoms with Crippen LogP contribution in [0.4, 0.5) is 16.2 Å². The van der Waals surface area contributed by atoms with Gasteiger partial charge >= 0.3 is 6.03 Å². The number of amides is 4. The summed E-state index contributed by atoms with van der Waals surface area (Å²) in [6.45, 7) is 5.16. The first-order valence-electron chi connectivity index (χ1n) is 11.3. The molecule has 7 nitrogen and oxygen atoms in total. The third kappa shape index (κ3) is 5.66. The number of carbonyl (C=O) groups is 3. The molecule has 1 saturated carbocycles. The number of likely N-dealkylation sites (N-methyl/N-ethyl adjacent to an activating group) is 1. The molecule has 0 unspecified atom stereocenters. The van der Waals surface area contributed by atoms with Gasteiger partial charge in [0.2, 0.25) is 5.91 Å². The Labute approximate surface area is 189 Å². The van der Waals surface area contributed by atoms with Gasteiger partial charge in [-0.25, -0.2) is 4.79 Å². The first kappa shape index (κ1) is 23.3. The summed E-state index contributed by atoms with van der Waals surface area (Å²) in [4.78, 5) is 40.2. The van der Waals surface area contributed by atoms with E-state index in [9.17, 15) is 14.4 Å². The Hall–Kier alpha value is -3.35. The van der Waals surface area contributed by atoms with Gasteiger partial charge in [0.1, 0.15) is 5.54 Å². The van der Waals surface area contributed by atoms with Crippen LogP contribution >= 0.6 is 0 Å². The normalized spacial score (nSPS) is 14.8. The molecular formula is C25H32N4O3. The summed E-state index contributed by atoms with van der Waals surface area (Å²) in [5.41, 5.74) is 0.878. The fraction of sp³-hybridized carbons (Fsp3) is 0.400. The van der Waals surface area contributed by atoms with E-state index in [1.54, 1.807) is 41.3 Å². The van der Waals surface area contributed by atoms with E-state index in [2.05, 4.69) is 16.0 Å². The topological polar surface area (TPSA) is 90.5 Å². The molecule has 170 valence electrons. The minimum Gasteiger partial charge on any atom is -0.341 e. The van der Waals surface area contributed by atoms with Gasteiger partial charge in [-0.3, -0.25) is 9.59 Å². The van der Waals surface area contributed by atoms with Gasteiger partial charge in [0.15, 0.2) is 0 Å². The number of carbonyl (C=O) groups excluding carboxylic acids is 3. The molecule has 0 heterocycles. The highest BCUT2D eigenvalue weighted by molar-refractivity contribution is 6.01. The molecule has 3 N–H and O–H groups in total. The average Bonchev–Trinajstić information content (AvgIpc) is 2.81. The molecular weight excluding hydrogens is 404 g/mol. The minimum atomic E-state index is -0.839. The van der Waals surface area contributed by atoms with E-state index >= 15 is 0 Å². The van der Waals surface area contributed by atoms with Crippen LogP contribution in [0.25, 0.3) is 0 Å². The maximum atomic E-state index is 13.2. The van der Waals surface area contributed by atoms with Crippen molar-refractivity contribution < 1.29 is 14.4 Å². The number of hydrogen-bond acceptors (Lipinski definition) is 3. The van der Waals surface area contributed by atoms with E-state index < -0.39 is 5.54 Å². The van der Waals surface area contributed by atoms with Crippen molar-refractivity contribution in [2.75, 3.05) is 23.7 Å². The van der Waals surface area contributed by atoms with E-state index in [1.807, 2.05) is 32.0 Å². The fourth-order valence-corrected chi connectivity index (χ4v) is 4.17. The monoisotopic (exact) mass is 436 g/mol. The van der Waals surface area contributed by atoms with Crippen LogP contribution in [0.2, 0.25) is 0 Å². The van der Waals surface area contributed by atoms with E-state index in [0.717, 1.165) is 19.3 Å². The lowest BCUT2D eigenvalue weighted by Crippen LogP contribution is -2.60. The molecule has 4 amide bonds. The van der Waals surface area contributed by atoms with Crippen LogP contribution in [0.3, 0.4) is 0 Å². The Morgan fingerprint density at radius 2 is 1.38 bits per heavy atom. The first-order chi connectivity index (χ1) is 15.5. The zero-order chi connectivity index (χ0) is 23.0. The SMILES string of the molecule is CCN(CC)C(=O)C1(NC(=O)c2ccc(NC(=O)Nc3ccccc3)cc2)CCCCC1. The number of hydrogen-bond donors (Lipinski definition) is 3. The second-order valence-corrected chi connectivity index (χ2v) is 8.10. The highest BCUT2D eigenvalue weighted by atomic mass is 16.2. The maximum absolute atomic E-state index is 13.2. The highest BCUT2D eigenvalue weighted by Gasteiger charge is 2.42. The van der Waals surface area contributed by atoms with Crippen molar-refractivity contribution in [3.63, 3.8) is 0 Å².